The van der Waals surface area contributed by atoms with Crippen LogP contribution in [-0.2, 0) is 0 Å². The van der Waals surface area contributed by atoms with Gasteiger partial charge in [-0.1, -0.05) is 0 Å². The molecule has 13 heavy (non-hydrogen) atoms. The summed E-state index contributed by atoms with van der Waals surface area (Å²) in [6.07, 6.45) is 0.866. The summed E-state index contributed by atoms with van der Waals surface area (Å²) in [5, 5.41) is 2.79. The first-order chi connectivity index (χ1) is 6.24. The van der Waals surface area contributed by atoms with Crippen LogP contribution in [0.4, 0.5) is 0 Å². The molecule has 0 atom stereocenters. The molecule has 0 saturated carbocycles. The smallest absolute Gasteiger partial charge is 0.151 e. The highest BCUT2D eigenvalue weighted by Gasteiger charge is 2.08. The Morgan fingerprint density at radius 1 is 1.46 bits per heavy atom. The maximum atomic E-state index is 10.7. The van der Waals surface area contributed by atoms with E-state index in [1.807, 2.05) is 17.5 Å². The van der Waals surface area contributed by atoms with Gasteiger partial charge in [0.25, 0.3) is 0 Å². The van der Waals surface area contributed by atoms with Crippen LogP contribution in [0.2, 0.25) is 0 Å². The number of fused-ring (bicyclic) bond motifs is 1. The van der Waals surface area contributed by atoms with Gasteiger partial charge in [0, 0.05) is 25.7 Å². The van der Waals surface area contributed by atoms with Gasteiger partial charge < -0.3 is 0 Å². The molecule has 0 saturated heterocycles. The third-order valence-corrected chi connectivity index (χ3v) is 4.13. The Bertz CT molecular complexity index is 476. The van der Waals surface area contributed by atoms with E-state index in [0.29, 0.717) is 5.56 Å². The molecular formula is C9H5BrOS2. The largest absolute Gasteiger partial charge is 0.298 e. The standard InChI is InChI=1S/C9H5BrOS2/c10-6-1-2-7(12)8-5(3-11)4-13-9(6)8/h1-4,12H. The third-order valence-electron chi connectivity index (χ3n) is 1.81. The number of halogens is 1. The van der Waals surface area contributed by atoms with Crippen LogP contribution in [0.5, 0.6) is 0 Å². The number of rotatable bonds is 1. The second kappa shape index (κ2) is 3.44. The first-order valence-corrected chi connectivity index (χ1v) is 5.70. The second-order valence-electron chi connectivity index (χ2n) is 2.58. The number of carbonyl (C=O) groups is 1. The SMILES string of the molecule is O=Cc1csc2c(Br)ccc(S)c12. The van der Waals surface area contributed by atoms with Crippen molar-refractivity contribution in [3.05, 3.63) is 27.5 Å². The van der Waals surface area contributed by atoms with E-state index >= 15 is 0 Å². The zero-order chi connectivity index (χ0) is 9.42. The van der Waals surface area contributed by atoms with Gasteiger partial charge in [-0.25, -0.2) is 0 Å². The monoisotopic (exact) mass is 272 g/mol. The van der Waals surface area contributed by atoms with Gasteiger partial charge in [0.15, 0.2) is 6.29 Å². The van der Waals surface area contributed by atoms with Crippen molar-refractivity contribution in [2.75, 3.05) is 0 Å². The predicted octanol–water partition coefficient (Wildman–Crippen LogP) is 3.77. The molecule has 0 unspecified atom stereocenters. The minimum Gasteiger partial charge on any atom is -0.298 e. The average Bonchev–Trinajstić information content (AvgIpc) is 2.56. The van der Waals surface area contributed by atoms with Crippen molar-refractivity contribution in [2.45, 2.75) is 4.90 Å². The second-order valence-corrected chi connectivity index (χ2v) is 4.80. The van der Waals surface area contributed by atoms with Crippen LogP contribution in [0.3, 0.4) is 0 Å². The van der Waals surface area contributed by atoms with Gasteiger partial charge in [0.05, 0.1) is 4.70 Å². The molecular weight excluding hydrogens is 268 g/mol. The Balaban J connectivity index is 2.95. The molecule has 0 aliphatic rings. The van der Waals surface area contributed by atoms with Crippen LogP contribution in [0.1, 0.15) is 10.4 Å². The van der Waals surface area contributed by atoms with Crippen molar-refractivity contribution in [3.8, 4) is 0 Å². The number of thiol groups is 1. The van der Waals surface area contributed by atoms with E-state index in [2.05, 4.69) is 28.6 Å². The first kappa shape index (κ1) is 9.24. The molecule has 66 valence electrons. The quantitative estimate of drug-likeness (QED) is 0.618. The molecule has 0 bridgehead atoms. The molecule has 1 aromatic heterocycles. The van der Waals surface area contributed by atoms with Gasteiger partial charge in [-0.3, -0.25) is 4.79 Å². The minimum absolute atomic E-state index is 0.714. The van der Waals surface area contributed by atoms with E-state index in [-0.39, 0.29) is 0 Å². The molecule has 0 spiro atoms. The Hall–Kier alpha value is -0.320. The normalized spacial score (nSPS) is 10.6. The van der Waals surface area contributed by atoms with E-state index in [0.717, 1.165) is 25.7 Å². The molecule has 1 heterocycles. The van der Waals surface area contributed by atoms with Gasteiger partial charge in [-0.2, -0.15) is 0 Å². The number of aldehydes is 1. The van der Waals surface area contributed by atoms with Gasteiger partial charge in [0.1, 0.15) is 0 Å². The zero-order valence-electron chi connectivity index (χ0n) is 6.45. The number of hydrogen-bond acceptors (Lipinski definition) is 3. The Morgan fingerprint density at radius 2 is 2.23 bits per heavy atom. The van der Waals surface area contributed by atoms with Crippen LogP contribution in [0.25, 0.3) is 10.1 Å². The summed E-state index contributed by atoms with van der Waals surface area (Å²) in [5.41, 5.74) is 0.714. The highest BCUT2D eigenvalue weighted by atomic mass is 79.9. The summed E-state index contributed by atoms with van der Waals surface area (Å²) in [4.78, 5) is 11.6. The van der Waals surface area contributed by atoms with Crippen molar-refractivity contribution in [1.29, 1.82) is 0 Å². The predicted molar refractivity (Wildman–Crippen MR) is 62.2 cm³/mol. The lowest BCUT2D eigenvalue weighted by Crippen LogP contribution is -1.77. The molecule has 0 radical (unpaired) electrons. The molecule has 2 rings (SSSR count). The van der Waals surface area contributed by atoms with Gasteiger partial charge in [0.2, 0.25) is 0 Å². The van der Waals surface area contributed by atoms with Crippen LogP contribution in [0, 0.1) is 0 Å². The maximum Gasteiger partial charge on any atom is 0.151 e. The van der Waals surface area contributed by atoms with Crippen LogP contribution >= 0.6 is 39.9 Å². The van der Waals surface area contributed by atoms with Crippen LogP contribution in [-0.4, -0.2) is 6.29 Å². The summed E-state index contributed by atoms with van der Waals surface area (Å²) in [7, 11) is 0. The highest BCUT2D eigenvalue weighted by Crippen LogP contribution is 2.35. The summed E-state index contributed by atoms with van der Waals surface area (Å²) in [6.45, 7) is 0. The van der Waals surface area contributed by atoms with Gasteiger partial charge in [-0.05, 0) is 28.1 Å². The van der Waals surface area contributed by atoms with Crippen LogP contribution < -0.4 is 0 Å². The number of thiophene rings is 1. The summed E-state index contributed by atoms with van der Waals surface area (Å²) >= 11 is 9.30. The molecule has 2 aromatic rings. The van der Waals surface area contributed by atoms with E-state index in [9.17, 15) is 4.79 Å². The molecule has 0 aliphatic heterocycles. The van der Waals surface area contributed by atoms with E-state index in [1.165, 1.54) is 0 Å². The molecule has 1 aromatic carbocycles. The maximum absolute atomic E-state index is 10.7. The van der Waals surface area contributed by atoms with E-state index in [4.69, 9.17) is 0 Å². The number of carbonyl (C=O) groups excluding carboxylic acids is 1. The van der Waals surface area contributed by atoms with Crippen molar-refractivity contribution in [1.82, 2.24) is 0 Å². The average molecular weight is 273 g/mol. The first-order valence-electron chi connectivity index (χ1n) is 3.58. The van der Waals surface area contributed by atoms with E-state index < -0.39 is 0 Å². The Labute approximate surface area is 93.3 Å². The minimum atomic E-state index is 0.714. The lowest BCUT2D eigenvalue weighted by Gasteiger charge is -1.97. The highest BCUT2D eigenvalue weighted by molar-refractivity contribution is 9.10. The van der Waals surface area contributed by atoms with Gasteiger partial charge in [-0.15, -0.1) is 24.0 Å². The lowest BCUT2D eigenvalue weighted by molar-refractivity contribution is 0.112. The van der Waals surface area contributed by atoms with Crippen molar-refractivity contribution < 1.29 is 4.79 Å². The third kappa shape index (κ3) is 1.43. The fourth-order valence-corrected chi connectivity index (χ4v) is 3.16. The van der Waals surface area contributed by atoms with Crippen molar-refractivity contribution in [2.24, 2.45) is 0 Å². The fourth-order valence-electron chi connectivity index (χ4n) is 1.21. The molecule has 4 heteroatoms. The number of benzene rings is 1. The van der Waals surface area contributed by atoms with Crippen molar-refractivity contribution in [3.63, 3.8) is 0 Å². The summed E-state index contributed by atoms with van der Waals surface area (Å²) < 4.78 is 2.09. The topological polar surface area (TPSA) is 17.1 Å². The Morgan fingerprint density at radius 3 is 2.92 bits per heavy atom. The van der Waals surface area contributed by atoms with Crippen LogP contribution in [0.15, 0.2) is 26.9 Å². The lowest BCUT2D eigenvalue weighted by atomic mass is 10.2. The number of hydrogen-bond donors (Lipinski definition) is 1. The van der Waals surface area contributed by atoms with Crippen molar-refractivity contribution >= 4 is 56.3 Å². The Kier molecular flexibility index (Phi) is 2.45. The molecule has 0 aliphatic carbocycles. The summed E-state index contributed by atoms with van der Waals surface area (Å²) in [6, 6.07) is 3.82. The molecule has 0 amide bonds. The fraction of sp³-hybridized carbons (Fsp3) is 0. The van der Waals surface area contributed by atoms with Gasteiger partial charge >= 0.3 is 0 Å². The molecule has 0 N–H and O–H groups in total. The summed E-state index contributed by atoms with van der Waals surface area (Å²) in [5.74, 6) is 0. The zero-order valence-corrected chi connectivity index (χ0v) is 9.75. The van der Waals surface area contributed by atoms with E-state index in [1.54, 1.807) is 11.3 Å². The molecule has 1 nitrogen and oxygen atoms in total. The molecule has 0 fully saturated rings.